The van der Waals surface area contributed by atoms with E-state index < -0.39 is 5.97 Å². The van der Waals surface area contributed by atoms with Gasteiger partial charge in [-0.1, -0.05) is 110 Å². The Hall–Kier alpha value is -0.530. The molecule has 0 bridgehead atoms. The van der Waals surface area contributed by atoms with Gasteiger partial charge in [-0.3, -0.25) is 0 Å². The summed E-state index contributed by atoms with van der Waals surface area (Å²) in [4.78, 5) is 10.3. The van der Waals surface area contributed by atoms with Crippen molar-refractivity contribution in [3.05, 3.63) is 0 Å². The van der Waals surface area contributed by atoms with Gasteiger partial charge in [0.15, 0.2) is 0 Å². The minimum Gasteiger partial charge on any atom is -0.550 e. The van der Waals surface area contributed by atoms with Gasteiger partial charge in [0.1, 0.15) is 0 Å². The summed E-state index contributed by atoms with van der Waals surface area (Å²) in [6.07, 6.45) is 21.3. The third-order valence-electron chi connectivity index (χ3n) is 5.02. The van der Waals surface area contributed by atoms with E-state index in [1.54, 1.807) is 0 Å². The Balaban J connectivity index is 3.01. The molecule has 0 aromatic rings. The lowest BCUT2D eigenvalue weighted by atomic mass is 9.99. The second-order valence-corrected chi connectivity index (χ2v) is 7.37. The molecule has 0 N–H and O–H groups in total. The number of aliphatic carboxylic acids is 1. The zero-order chi connectivity index (χ0) is 17.2. The molecule has 0 aromatic heterocycles. The van der Waals surface area contributed by atoms with Gasteiger partial charge in [0.25, 0.3) is 0 Å². The van der Waals surface area contributed by atoms with Gasteiger partial charge in [-0.25, -0.2) is 0 Å². The summed E-state index contributed by atoms with van der Waals surface area (Å²) in [5.41, 5.74) is 0. The van der Waals surface area contributed by atoms with Crippen LogP contribution < -0.4 is 5.11 Å². The summed E-state index contributed by atoms with van der Waals surface area (Å²) in [6.45, 7) is 4.66. The van der Waals surface area contributed by atoms with Crippen LogP contribution in [-0.4, -0.2) is 5.97 Å². The molecule has 0 amide bonds. The first-order chi connectivity index (χ1) is 11.2. The molecule has 138 valence electrons. The standard InChI is InChI=1S/C21H42O2/c1-3-20(2)18-16-14-12-10-8-6-4-5-7-9-11-13-15-17-19-21(22)23/h20H,3-19H2,1-2H3,(H,22,23)/p-1. The van der Waals surface area contributed by atoms with Crippen LogP contribution in [-0.2, 0) is 4.79 Å². The Morgan fingerprint density at radius 2 is 1.04 bits per heavy atom. The maximum absolute atomic E-state index is 10.3. The molecule has 0 rings (SSSR count). The van der Waals surface area contributed by atoms with E-state index >= 15 is 0 Å². The second kappa shape index (κ2) is 17.8. The van der Waals surface area contributed by atoms with E-state index in [9.17, 15) is 9.90 Å². The van der Waals surface area contributed by atoms with Crippen molar-refractivity contribution in [1.29, 1.82) is 0 Å². The first kappa shape index (κ1) is 22.5. The smallest absolute Gasteiger partial charge is 0.0414 e. The molecule has 0 fully saturated rings. The normalized spacial score (nSPS) is 12.4. The molecule has 0 aliphatic carbocycles. The van der Waals surface area contributed by atoms with Gasteiger partial charge in [0, 0.05) is 5.97 Å². The average molecular weight is 326 g/mol. The van der Waals surface area contributed by atoms with Crippen molar-refractivity contribution in [3.63, 3.8) is 0 Å². The van der Waals surface area contributed by atoms with Gasteiger partial charge in [-0.15, -0.1) is 0 Å². The van der Waals surface area contributed by atoms with Crippen LogP contribution >= 0.6 is 0 Å². The molecule has 23 heavy (non-hydrogen) atoms. The van der Waals surface area contributed by atoms with E-state index in [4.69, 9.17) is 0 Å². The van der Waals surface area contributed by atoms with Crippen molar-refractivity contribution >= 4 is 5.97 Å². The SMILES string of the molecule is CCC(C)CCCCCCCCCCCCCCCCC(=O)[O-]. The highest BCUT2D eigenvalue weighted by molar-refractivity contribution is 5.63. The van der Waals surface area contributed by atoms with E-state index in [1.807, 2.05) is 0 Å². The highest BCUT2D eigenvalue weighted by Gasteiger charge is 1.98. The zero-order valence-electron chi connectivity index (χ0n) is 15.9. The number of hydrogen-bond donors (Lipinski definition) is 0. The van der Waals surface area contributed by atoms with E-state index in [-0.39, 0.29) is 6.42 Å². The summed E-state index contributed by atoms with van der Waals surface area (Å²) < 4.78 is 0. The molecule has 0 heterocycles. The molecule has 1 atom stereocenters. The summed E-state index contributed by atoms with van der Waals surface area (Å²) in [5, 5.41) is 10.3. The third kappa shape index (κ3) is 19.4. The number of carboxylic acid groups (broad SMARTS) is 1. The lowest BCUT2D eigenvalue weighted by molar-refractivity contribution is -0.305. The van der Waals surface area contributed by atoms with Crippen molar-refractivity contribution in [1.82, 2.24) is 0 Å². The molecule has 0 aliphatic heterocycles. The molecule has 1 unspecified atom stereocenters. The first-order valence-corrected chi connectivity index (χ1v) is 10.4. The number of rotatable bonds is 18. The number of carboxylic acids is 1. The van der Waals surface area contributed by atoms with Gasteiger partial charge < -0.3 is 9.90 Å². The van der Waals surface area contributed by atoms with Crippen LogP contribution in [0.1, 0.15) is 123 Å². The highest BCUT2D eigenvalue weighted by Crippen LogP contribution is 2.15. The summed E-state index contributed by atoms with van der Waals surface area (Å²) in [6, 6.07) is 0. The second-order valence-electron chi connectivity index (χ2n) is 7.37. The lowest BCUT2D eigenvalue weighted by Crippen LogP contribution is -2.21. The van der Waals surface area contributed by atoms with E-state index in [2.05, 4.69) is 13.8 Å². The Morgan fingerprint density at radius 1 is 0.696 bits per heavy atom. The van der Waals surface area contributed by atoms with Gasteiger partial charge in [0.2, 0.25) is 0 Å². The molecule has 2 heteroatoms. The molecule has 0 radical (unpaired) electrons. The summed E-state index contributed by atoms with van der Waals surface area (Å²) >= 11 is 0. The fourth-order valence-corrected chi connectivity index (χ4v) is 3.09. The molecule has 0 aromatic carbocycles. The Bertz CT molecular complexity index is 250. The van der Waals surface area contributed by atoms with Crippen LogP contribution in [0.25, 0.3) is 0 Å². The Morgan fingerprint density at radius 3 is 1.39 bits per heavy atom. The van der Waals surface area contributed by atoms with Crippen LogP contribution in [0.5, 0.6) is 0 Å². The predicted molar refractivity (Wildman–Crippen MR) is 98.3 cm³/mol. The third-order valence-corrected chi connectivity index (χ3v) is 5.02. The number of carbonyl (C=O) groups excluding carboxylic acids is 1. The van der Waals surface area contributed by atoms with E-state index in [0.29, 0.717) is 0 Å². The summed E-state index contributed by atoms with van der Waals surface area (Å²) in [5.74, 6) is 0.0182. The highest BCUT2D eigenvalue weighted by atomic mass is 16.4. The number of carbonyl (C=O) groups is 1. The Labute approximate surface area is 145 Å². The van der Waals surface area contributed by atoms with Crippen molar-refractivity contribution < 1.29 is 9.90 Å². The quantitative estimate of drug-likeness (QED) is 0.289. The van der Waals surface area contributed by atoms with Crippen LogP contribution in [0.2, 0.25) is 0 Å². The van der Waals surface area contributed by atoms with Crippen molar-refractivity contribution in [2.24, 2.45) is 5.92 Å². The van der Waals surface area contributed by atoms with E-state index in [0.717, 1.165) is 18.8 Å². The average Bonchev–Trinajstić information content (AvgIpc) is 2.53. The maximum Gasteiger partial charge on any atom is 0.0414 e. The van der Waals surface area contributed by atoms with Crippen molar-refractivity contribution in [2.75, 3.05) is 0 Å². The van der Waals surface area contributed by atoms with Gasteiger partial charge in [-0.2, -0.15) is 0 Å². The monoisotopic (exact) mass is 325 g/mol. The molecule has 2 nitrogen and oxygen atoms in total. The number of unbranched alkanes of at least 4 members (excludes halogenated alkanes) is 13. The van der Waals surface area contributed by atoms with Gasteiger partial charge >= 0.3 is 0 Å². The van der Waals surface area contributed by atoms with Crippen molar-refractivity contribution in [2.45, 2.75) is 123 Å². The molecular weight excluding hydrogens is 284 g/mol. The molecule has 0 aliphatic rings. The fraction of sp³-hybridized carbons (Fsp3) is 0.952. The predicted octanol–water partition coefficient (Wildman–Crippen LogP) is 6.02. The van der Waals surface area contributed by atoms with Crippen LogP contribution in [0.4, 0.5) is 0 Å². The molecular formula is C21H41O2-. The van der Waals surface area contributed by atoms with Gasteiger partial charge in [-0.05, 0) is 18.8 Å². The van der Waals surface area contributed by atoms with Crippen LogP contribution in [0.3, 0.4) is 0 Å². The van der Waals surface area contributed by atoms with Crippen LogP contribution in [0.15, 0.2) is 0 Å². The maximum atomic E-state index is 10.3. The zero-order valence-corrected chi connectivity index (χ0v) is 15.9. The molecule has 0 spiro atoms. The minimum absolute atomic E-state index is 0.234. The van der Waals surface area contributed by atoms with E-state index in [1.165, 1.54) is 89.9 Å². The molecule has 0 saturated carbocycles. The number of hydrogen-bond acceptors (Lipinski definition) is 2. The van der Waals surface area contributed by atoms with Gasteiger partial charge in [0.05, 0.1) is 0 Å². The summed E-state index contributed by atoms with van der Waals surface area (Å²) in [7, 11) is 0. The Kier molecular flexibility index (Phi) is 17.4. The lowest BCUT2D eigenvalue weighted by Gasteiger charge is -2.07. The first-order valence-electron chi connectivity index (χ1n) is 10.4. The largest absolute Gasteiger partial charge is 0.550 e. The minimum atomic E-state index is -0.902. The molecule has 0 saturated heterocycles. The van der Waals surface area contributed by atoms with Crippen molar-refractivity contribution in [3.8, 4) is 0 Å². The topological polar surface area (TPSA) is 40.1 Å². The fourth-order valence-electron chi connectivity index (χ4n) is 3.09. The van der Waals surface area contributed by atoms with Crippen LogP contribution in [0, 0.1) is 5.92 Å².